The third kappa shape index (κ3) is 5.04. The Hall–Kier alpha value is -1.41. The maximum atomic E-state index is 12.1. The largest absolute Gasteiger partial charge is 0.296 e. The predicted octanol–water partition coefficient (Wildman–Crippen LogP) is 5.26. The van der Waals surface area contributed by atoms with Crippen molar-refractivity contribution in [2.75, 3.05) is 13.1 Å². The topological polar surface area (TPSA) is 20.3 Å². The average molecular weight is 328 g/mol. The van der Waals surface area contributed by atoms with Gasteiger partial charge in [0.2, 0.25) is 0 Å². The van der Waals surface area contributed by atoms with Gasteiger partial charge in [0.1, 0.15) is 0 Å². The van der Waals surface area contributed by atoms with Crippen molar-refractivity contribution >= 4 is 5.78 Å². The summed E-state index contributed by atoms with van der Waals surface area (Å²) in [5, 5.41) is 0. The highest BCUT2D eigenvalue weighted by molar-refractivity contribution is 5.89. The molecule has 0 bridgehead atoms. The van der Waals surface area contributed by atoms with E-state index in [2.05, 4.69) is 43.5 Å². The van der Waals surface area contributed by atoms with E-state index < -0.39 is 0 Å². The van der Waals surface area contributed by atoms with Gasteiger partial charge in [-0.25, -0.2) is 0 Å². The van der Waals surface area contributed by atoms with Crippen LogP contribution in [0.5, 0.6) is 0 Å². The number of aryl methyl sites for hydroxylation is 2. The van der Waals surface area contributed by atoms with Gasteiger partial charge in [0.05, 0.1) is 0 Å². The third-order valence-corrected chi connectivity index (χ3v) is 5.08. The number of benzene rings is 1. The van der Waals surface area contributed by atoms with E-state index in [0.717, 1.165) is 32.4 Å². The van der Waals surface area contributed by atoms with Gasteiger partial charge in [-0.05, 0) is 61.5 Å². The highest BCUT2D eigenvalue weighted by atomic mass is 16.1. The monoisotopic (exact) mass is 327 g/mol. The molecule has 0 amide bonds. The minimum absolute atomic E-state index is 0.158. The summed E-state index contributed by atoms with van der Waals surface area (Å²) in [6.45, 7) is 10.4. The number of hydrogen-bond acceptors (Lipinski definition) is 2. The Bertz CT molecular complexity index is 543. The van der Waals surface area contributed by atoms with E-state index in [1.165, 1.54) is 48.4 Å². The van der Waals surface area contributed by atoms with Crippen molar-refractivity contribution in [2.45, 2.75) is 71.3 Å². The first kappa shape index (κ1) is 18.9. The first-order valence-corrected chi connectivity index (χ1v) is 9.70. The van der Waals surface area contributed by atoms with Gasteiger partial charge in [-0.15, -0.1) is 0 Å². The number of rotatable bonds is 9. The fraction of sp³-hybridized carbons (Fsp3) is 0.591. The number of hydrogen-bond donors (Lipinski definition) is 0. The molecule has 2 nitrogen and oxygen atoms in total. The molecule has 132 valence electrons. The minimum Gasteiger partial charge on any atom is -0.296 e. The second-order valence-electron chi connectivity index (χ2n) is 7.02. The lowest BCUT2D eigenvalue weighted by molar-refractivity contribution is -0.116. The van der Waals surface area contributed by atoms with Gasteiger partial charge in [0.25, 0.3) is 0 Å². The summed E-state index contributed by atoms with van der Waals surface area (Å²) in [6, 6.07) is 7.17. The molecule has 24 heavy (non-hydrogen) atoms. The van der Waals surface area contributed by atoms with Crippen molar-refractivity contribution in [3.05, 3.63) is 47.5 Å². The van der Waals surface area contributed by atoms with Gasteiger partial charge >= 0.3 is 0 Å². The average Bonchev–Trinajstić information content (AvgIpc) is 2.61. The van der Waals surface area contributed by atoms with E-state index >= 15 is 0 Å². The van der Waals surface area contributed by atoms with E-state index in [1.807, 2.05) is 0 Å². The number of likely N-dealkylation sites (tertiary alicyclic amines) is 1. The summed E-state index contributed by atoms with van der Waals surface area (Å²) in [5.74, 6) is 0.158. The molecule has 0 aliphatic carbocycles. The molecule has 1 atom stereocenters. The first-order valence-electron chi connectivity index (χ1n) is 9.70. The lowest BCUT2D eigenvalue weighted by atomic mass is 9.89. The molecule has 1 aliphatic rings. The van der Waals surface area contributed by atoms with Gasteiger partial charge in [-0.2, -0.15) is 0 Å². The highest BCUT2D eigenvalue weighted by Gasteiger charge is 2.25. The van der Waals surface area contributed by atoms with Crippen molar-refractivity contribution < 1.29 is 4.79 Å². The molecule has 0 aromatic heterocycles. The van der Waals surface area contributed by atoms with Crippen LogP contribution in [-0.2, 0) is 17.6 Å². The van der Waals surface area contributed by atoms with E-state index in [-0.39, 0.29) is 11.8 Å². The summed E-state index contributed by atoms with van der Waals surface area (Å²) in [7, 11) is 0. The molecular formula is C22H33NO. The van der Waals surface area contributed by atoms with Crippen molar-refractivity contribution in [1.29, 1.82) is 0 Å². The van der Waals surface area contributed by atoms with Crippen LogP contribution in [0.2, 0.25) is 0 Å². The fourth-order valence-electron chi connectivity index (χ4n) is 3.85. The van der Waals surface area contributed by atoms with Gasteiger partial charge in [-0.3, -0.25) is 9.69 Å². The second-order valence-corrected chi connectivity index (χ2v) is 7.02. The van der Waals surface area contributed by atoms with Gasteiger partial charge in [0.15, 0.2) is 5.78 Å². The summed E-state index contributed by atoms with van der Waals surface area (Å²) in [5.41, 5.74) is 4.24. The Morgan fingerprint density at radius 2 is 1.88 bits per heavy atom. The van der Waals surface area contributed by atoms with Gasteiger partial charge in [-0.1, -0.05) is 57.9 Å². The number of carbonyl (C=O) groups is 1. The Kier molecular flexibility index (Phi) is 7.71. The van der Waals surface area contributed by atoms with Crippen LogP contribution in [0.25, 0.3) is 0 Å². The molecule has 0 spiro atoms. The summed E-state index contributed by atoms with van der Waals surface area (Å²) >= 11 is 0. The normalized spacial score (nSPS) is 16.8. The second kappa shape index (κ2) is 9.78. The third-order valence-electron chi connectivity index (χ3n) is 5.08. The summed E-state index contributed by atoms with van der Waals surface area (Å²) in [4.78, 5) is 14.7. The molecule has 1 heterocycles. The maximum Gasteiger partial charge on any atom is 0.157 e. The SMILES string of the molecule is C=CC(=O)CC(c1ccc(CCC)cc1CCC)N1CCCCC1. The predicted molar refractivity (Wildman–Crippen MR) is 102 cm³/mol. The number of piperidine rings is 1. The Balaban J connectivity index is 2.35. The molecule has 2 heteroatoms. The van der Waals surface area contributed by atoms with Crippen molar-refractivity contribution in [1.82, 2.24) is 4.90 Å². The summed E-state index contributed by atoms with van der Waals surface area (Å²) < 4.78 is 0. The molecule has 1 aromatic carbocycles. The Morgan fingerprint density at radius 1 is 1.17 bits per heavy atom. The Labute approximate surface area is 147 Å². The van der Waals surface area contributed by atoms with Crippen molar-refractivity contribution in [3.63, 3.8) is 0 Å². The summed E-state index contributed by atoms with van der Waals surface area (Å²) in [6.07, 6.45) is 10.4. The molecule has 1 aliphatic heterocycles. The quantitative estimate of drug-likeness (QED) is 0.576. The smallest absolute Gasteiger partial charge is 0.157 e. The van der Waals surface area contributed by atoms with Gasteiger partial charge in [0, 0.05) is 12.5 Å². The van der Waals surface area contributed by atoms with Crippen LogP contribution >= 0.6 is 0 Å². The van der Waals surface area contributed by atoms with E-state index in [9.17, 15) is 4.79 Å². The van der Waals surface area contributed by atoms with Crippen LogP contribution in [-0.4, -0.2) is 23.8 Å². The molecule has 1 aromatic rings. The zero-order valence-electron chi connectivity index (χ0n) is 15.5. The van der Waals surface area contributed by atoms with Crippen molar-refractivity contribution in [2.24, 2.45) is 0 Å². The van der Waals surface area contributed by atoms with E-state index in [4.69, 9.17) is 0 Å². The van der Waals surface area contributed by atoms with Crippen LogP contribution in [0, 0.1) is 0 Å². The first-order chi connectivity index (χ1) is 11.7. The van der Waals surface area contributed by atoms with E-state index in [0.29, 0.717) is 6.42 Å². The molecule has 1 unspecified atom stereocenters. The number of nitrogens with zero attached hydrogens (tertiary/aromatic N) is 1. The van der Waals surface area contributed by atoms with Crippen LogP contribution in [0.1, 0.15) is 75.1 Å². The van der Waals surface area contributed by atoms with Crippen molar-refractivity contribution in [3.8, 4) is 0 Å². The van der Waals surface area contributed by atoms with Crippen LogP contribution in [0.4, 0.5) is 0 Å². The fourth-order valence-corrected chi connectivity index (χ4v) is 3.85. The van der Waals surface area contributed by atoms with Gasteiger partial charge < -0.3 is 0 Å². The molecule has 1 saturated heterocycles. The molecule has 1 fully saturated rings. The number of allylic oxidation sites excluding steroid dienone is 1. The Morgan fingerprint density at radius 3 is 2.50 bits per heavy atom. The zero-order chi connectivity index (χ0) is 17.4. The van der Waals surface area contributed by atoms with Crippen LogP contribution in [0.15, 0.2) is 30.9 Å². The standard InChI is InChI=1S/C22H33NO/c1-4-10-18-12-13-21(19(16-18)11-5-2)22(17-20(24)6-3)23-14-8-7-9-15-23/h6,12-13,16,22H,3-5,7-11,14-15,17H2,1-2H3. The lowest BCUT2D eigenvalue weighted by Crippen LogP contribution is -2.35. The molecular weight excluding hydrogens is 294 g/mol. The van der Waals surface area contributed by atoms with Crippen LogP contribution < -0.4 is 0 Å². The molecule has 2 rings (SSSR count). The number of carbonyl (C=O) groups excluding carboxylic acids is 1. The minimum atomic E-state index is 0.158. The molecule has 0 saturated carbocycles. The maximum absolute atomic E-state index is 12.1. The molecule has 0 N–H and O–H groups in total. The molecule has 0 radical (unpaired) electrons. The van der Waals surface area contributed by atoms with E-state index in [1.54, 1.807) is 0 Å². The van der Waals surface area contributed by atoms with Crippen LogP contribution in [0.3, 0.4) is 0 Å². The zero-order valence-corrected chi connectivity index (χ0v) is 15.5. The lowest BCUT2D eigenvalue weighted by Gasteiger charge is -2.35. The highest BCUT2D eigenvalue weighted by Crippen LogP contribution is 2.31. The number of ketones is 1.